The van der Waals surface area contributed by atoms with E-state index in [1.807, 2.05) is 0 Å². The monoisotopic (exact) mass is 183 g/mol. The van der Waals surface area contributed by atoms with Gasteiger partial charge >= 0.3 is 5.97 Å². The molecule has 4 heteroatoms. The Morgan fingerprint density at radius 3 is 2.92 bits per heavy atom. The second kappa shape index (κ2) is 4.17. The van der Waals surface area contributed by atoms with E-state index in [0.717, 1.165) is 17.9 Å². The van der Waals surface area contributed by atoms with Crippen LogP contribution in [-0.4, -0.2) is 22.6 Å². The number of thioether (sulfide) groups is 1. The number of hydrogen-bond donors (Lipinski definition) is 1. The molecule has 0 aromatic heterocycles. The van der Waals surface area contributed by atoms with Crippen molar-refractivity contribution < 1.29 is 9.90 Å². The molecule has 1 rings (SSSR count). The zero-order chi connectivity index (χ0) is 8.97. The van der Waals surface area contributed by atoms with E-state index in [-0.39, 0.29) is 11.5 Å². The van der Waals surface area contributed by atoms with E-state index < -0.39 is 5.97 Å². The molecule has 0 saturated carbocycles. The first-order valence-corrected chi connectivity index (χ1v) is 4.82. The maximum atomic E-state index is 10.4. The third-order valence-corrected chi connectivity index (χ3v) is 2.91. The minimum Gasteiger partial charge on any atom is -0.477 e. The van der Waals surface area contributed by atoms with E-state index in [9.17, 15) is 4.79 Å². The Morgan fingerprint density at radius 1 is 1.75 bits per heavy atom. The normalized spacial score (nSPS) is 23.6. The van der Waals surface area contributed by atoms with Gasteiger partial charge in [0.2, 0.25) is 0 Å². The topological polar surface area (TPSA) is 61.1 Å². The van der Waals surface area contributed by atoms with Gasteiger partial charge in [-0.1, -0.05) is 6.08 Å². The lowest BCUT2D eigenvalue weighted by Crippen LogP contribution is -2.02. The highest BCUT2D eigenvalue weighted by Gasteiger charge is 2.16. The van der Waals surface area contributed by atoms with Gasteiger partial charge in [-0.15, -0.1) is 0 Å². The van der Waals surface area contributed by atoms with Gasteiger partial charge in [-0.3, -0.25) is 0 Å². The van der Waals surface area contributed by atoms with Crippen LogP contribution in [0.2, 0.25) is 0 Å². The van der Waals surface area contributed by atoms with Gasteiger partial charge in [0.15, 0.2) is 0 Å². The number of rotatable bonds is 2. The first-order valence-electron chi connectivity index (χ1n) is 3.67. The van der Waals surface area contributed by atoms with Crippen molar-refractivity contribution in [2.75, 3.05) is 11.5 Å². The Kier molecular flexibility index (Phi) is 3.18. The van der Waals surface area contributed by atoms with Crippen molar-refractivity contribution in [1.82, 2.24) is 0 Å². The maximum Gasteiger partial charge on any atom is 0.346 e. The van der Waals surface area contributed by atoms with E-state index in [2.05, 4.69) is 0 Å². The zero-order valence-electron chi connectivity index (χ0n) is 6.49. The molecule has 0 amide bonds. The molecule has 12 heavy (non-hydrogen) atoms. The number of aliphatic carboxylic acids is 1. The second-order valence-corrected chi connectivity index (χ2v) is 3.77. The summed E-state index contributed by atoms with van der Waals surface area (Å²) in [4.78, 5) is 10.4. The first kappa shape index (κ1) is 9.14. The highest BCUT2D eigenvalue weighted by molar-refractivity contribution is 7.99. The van der Waals surface area contributed by atoms with Gasteiger partial charge in [-0.05, 0) is 23.8 Å². The molecule has 1 atom stereocenters. The van der Waals surface area contributed by atoms with Crippen LogP contribution >= 0.6 is 11.8 Å². The quantitative estimate of drug-likeness (QED) is 0.517. The van der Waals surface area contributed by atoms with Crippen LogP contribution in [0, 0.1) is 17.2 Å². The fourth-order valence-corrected chi connectivity index (χ4v) is 2.28. The average Bonchev–Trinajstić information content (AvgIpc) is 2.51. The summed E-state index contributed by atoms with van der Waals surface area (Å²) >= 11 is 1.80. The third-order valence-electron chi connectivity index (χ3n) is 1.72. The predicted molar refractivity (Wildman–Crippen MR) is 46.8 cm³/mol. The van der Waals surface area contributed by atoms with E-state index >= 15 is 0 Å². The average molecular weight is 183 g/mol. The SMILES string of the molecule is N#CC(=CC1CCSC1)C(=O)O. The molecule has 1 N–H and O–H groups in total. The Morgan fingerprint density at radius 2 is 2.50 bits per heavy atom. The van der Waals surface area contributed by atoms with Crippen molar-refractivity contribution >= 4 is 17.7 Å². The smallest absolute Gasteiger partial charge is 0.346 e. The number of carboxylic acids is 1. The van der Waals surface area contributed by atoms with Crippen LogP contribution in [0.15, 0.2) is 11.6 Å². The molecule has 0 aliphatic carbocycles. The molecule has 0 spiro atoms. The molecule has 0 bridgehead atoms. The molecule has 1 heterocycles. The van der Waals surface area contributed by atoms with Gasteiger partial charge in [0.1, 0.15) is 11.6 Å². The molecular weight excluding hydrogens is 174 g/mol. The van der Waals surface area contributed by atoms with Crippen LogP contribution in [-0.2, 0) is 4.79 Å². The van der Waals surface area contributed by atoms with Crippen molar-refractivity contribution in [3.8, 4) is 6.07 Å². The van der Waals surface area contributed by atoms with E-state index in [0.29, 0.717) is 0 Å². The predicted octanol–water partition coefficient (Wildman–Crippen LogP) is 1.27. The van der Waals surface area contributed by atoms with Gasteiger partial charge in [0, 0.05) is 0 Å². The molecule has 1 aliphatic heterocycles. The third kappa shape index (κ3) is 2.28. The lowest BCUT2D eigenvalue weighted by molar-refractivity contribution is -0.132. The van der Waals surface area contributed by atoms with Crippen molar-refractivity contribution in [1.29, 1.82) is 5.26 Å². The highest BCUT2D eigenvalue weighted by atomic mass is 32.2. The first-order chi connectivity index (χ1) is 5.74. The fourth-order valence-electron chi connectivity index (χ4n) is 1.08. The number of allylic oxidation sites excluding steroid dienone is 1. The summed E-state index contributed by atoms with van der Waals surface area (Å²) in [5, 5.41) is 17.0. The lowest BCUT2D eigenvalue weighted by atomic mass is 10.1. The number of hydrogen-bond acceptors (Lipinski definition) is 3. The number of nitrogens with zero attached hydrogens (tertiary/aromatic N) is 1. The van der Waals surface area contributed by atoms with Crippen molar-refractivity contribution in [3.63, 3.8) is 0 Å². The summed E-state index contributed by atoms with van der Waals surface area (Å²) in [6.45, 7) is 0. The van der Waals surface area contributed by atoms with Crippen molar-refractivity contribution in [2.24, 2.45) is 5.92 Å². The van der Waals surface area contributed by atoms with Crippen LogP contribution in [0.1, 0.15) is 6.42 Å². The van der Waals surface area contributed by atoms with Crippen LogP contribution < -0.4 is 0 Å². The highest BCUT2D eigenvalue weighted by Crippen LogP contribution is 2.25. The van der Waals surface area contributed by atoms with Crippen molar-refractivity contribution in [2.45, 2.75) is 6.42 Å². The second-order valence-electron chi connectivity index (χ2n) is 2.62. The van der Waals surface area contributed by atoms with Gasteiger partial charge in [-0.2, -0.15) is 17.0 Å². The molecule has 1 aliphatic rings. The molecule has 64 valence electrons. The van der Waals surface area contributed by atoms with Crippen molar-refractivity contribution in [3.05, 3.63) is 11.6 Å². The fraction of sp³-hybridized carbons (Fsp3) is 0.500. The van der Waals surface area contributed by atoms with Crippen LogP contribution in [0.5, 0.6) is 0 Å². The Labute approximate surface area is 75.1 Å². The van der Waals surface area contributed by atoms with Crippen LogP contribution in [0.4, 0.5) is 0 Å². The molecule has 3 nitrogen and oxygen atoms in total. The van der Waals surface area contributed by atoms with Crippen LogP contribution in [0.3, 0.4) is 0 Å². The molecule has 1 fully saturated rings. The Balaban J connectivity index is 2.64. The summed E-state index contributed by atoms with van der Waals surface area (Å²) in [7, 11) is 0. The maximum absolute atomic E-state index is 10.4. The summed E-state index contributed by atoms with van der Waals surface area (Å²) in [6.07, 6.45) is 2.56. The molecule has 0 aromatic carbocycles. The standard InChI is InChI=1S/C8H9NO2S/c9-4-7(8(10)11)3-6-1-2-12-5-6/h3,6H,1-2,5H2,(H,10,11). The summed E-state index contributed by atoms with van der Waals surface area (Å²) in [6, 6.07) is 1.68. The van der Waals surface area contributed by atoms with Crippen LogP contribution in [0.25, 0.3) is 0 Å². The summed E-state index contributed by atoms with van der Waals surface area (Å²) in [5.74, 6) is 1.17. The zero-order valence-corrected chi connectivity index (χ0v) is 7.30. The van der Waals surface area contributed by atoms with E-state index in [1.165, 1.54) is 0 Å². The van der Waals surface area contributed by atoms with E-state index in [4.69, 9.17) is 10.4 Å². The number of carboxylic acid groups (broad SMARTS) is 1. The number of nitriles is 1. The lowest BCUT2D eigenvalue weighted by Gasteiger charge is -1.98. The van der Waals surface area contributed by atoms with Gasteiger partial charge in [0.05, 0.1) is 0 Å². The Hall–Kier alpha value is -0.950. The molecule has 0 aromatic rings. The minimum atomic E-state index is -1.12. The summed E-state index contributed by atoms with van der Waals surface area (Å²) < 4.78 is 0. The molecule has 1 saturated heterocycles. The number of carbonyl (C=O) groups is 1. The van der Waals surface area contributed by atoms with Gasteiger partial charge in [-0.25, -0.2) is 4.79 Å². The largest absolute Gasteiger partial charge is 0.477 e. The summed E-state index contributed by atoms with van der Waals surface area (Å²) in [5.41, 5.74) is -0.123. The van der Waals surface area contributed by atoms with Gasteiger partial charge in [0.25, 0.3) is 0 Å². The Bertz CT molecular complexity index is 248. The minimum absolute atomic E-state index is 0.123. The molecular formula is C8H9NO2S. The van der Waals surface area contributed by atoms with Gasteiger partial charge < -0.3 is 5.11 Å². The van der Waals surface area contributed by atoms with E-state index in [1.54, 1.807) is 23.9 Å². The molecule has 0 radical (unpaired) electrons. The molecule has 1 unspecified atom stereocenters.